The number of aromatic hydroxyl groups is 18. The van der Waals surface area contributed by atoms with E-state index >= 15 is 0 Å². The van der Waals surface area contributed by atoms with Gasteiger partial charge in [0, 0.05) is 58.1 Å². The van der Waals surface area contributed by atoms with Crippen molar-refractivity contribution in [3.63, 3.8) is 0 Å². The number of phenolic OH excluding ortho intramolecular Hbond substituents is 18. The molecule has 688 valence electrons. The van der Waals surface area contributed by atoms with Gasteiger partial charge in [0.2, 0.25) is 0 Å². The van der Waals surface area contributed by atoms with Crippen LogP contribution in [-0.4, -0.2) is 91.9 Å². The Hall–Kier alpha value is -18.2. The zero-order valence-corrected chi connectivity index (χ0v) is 75.5. The second kappa shape index (κ2) is 37.0. The Morgan fingerprint density at radius 3 is 0.748 bits per heavy atom. The molecule has 2 aliphatic rings. The molecular formula is C121H96O18. The molecule has 0 aliphatic heterocycles. The largest absolute Gasteiger partial charge is 0.508 e. The summed E-state index contributed by atoms with van der Waals surface area (Å²) < 4.78 is 0. The van der Waals surface area contributed by atoms with Crippen LogP contribution in [-0.2, 0) is 34.5 Å². The Bertz CT molecular complexity index is 7700. The minimum atomic E-state index is -0.931. The number of benzene rings is 20. The van der Waals surface area contributed by atoms with E-state index in [1.54, 1.807) is 170 Å². The van der Waals surface area contributed by atoms with Crippen molar-refractivity contribution in [1.29, 1.82) is 0 Å². The fraction of sp³-hybridized carbons (Fsp3) is 0.0744. The van der Waals surface area contributed by atoms with Gasteiger partial charge in [-0.3, -0.25) is 0 Å². The molecule has 20 aromatic rings. The van der Waals surface area contributed by atoms with Crippen LogP contribution in [0.3, 0.4) is 0 Å². The van der Waals surface area contributed by atoms with Gasteiger partial charge in [-0.25, -0.2) is 0 Å². The molecule has 20 aromatic carbocycles. The lowest BCUT2D eigenvalue weighted by Crippen LogP contribution is -2.28. The zero-order valence-electron chi connectivity index (χ0n) is 75.5. The maximum Gasteiger partial charge on any atom is 0.157 e. The molecule has 18 N–H and O–H groups in total. The van der Waals surface area contributed by atoms with E-state index in [0.717, 1.165) is 127 Å². The first-order valence-electron chi connectivity index (χ1n) is 44.9. The summed E-state index contributed by atoms with van der Waals surface area (Å²) in [6, 6.07) is 118. The summed E-state index contributed by atoms with van der Waals surface area (Å²) in [5, 5.41) is 188. The minimum Gasteiger partial charge on any atom is -0.508 e. The Kier molecular flexibility index (Phi) is 24.3. The fourth-order valence-electron chi connectivity index (χ4n) is 20.0. The molecule has 0 saturated carbocycles. The van der Waals surface area contributed by atoms with E-state index in [0.29, 0.717) is 34.2 Å². The highest BCUT2D eigenvalue weighted by atomic mass is 16.3. The van der Waals surface area contributed by atoms with Crippen molar-refractivity contribution in [1.82, 2.24) is 0 Å². The molecule has 0 fully saturated rings. The maximum atomic E-state index is 10.4. The Balaban J connectivity index is 0.000000116. The monoisotopic (exact) mass is 1840 g/mol. The molecule has 2 aliphatic carbocycles. The van der Waals surface area contributed by atoms with Crippen LogP contribution < -0.4 is 0 Å². The van der Waals surface area contributed by atoms with E-state index in [1.807, 2.05) is 164 Å². The summed E-state index contributed by atoms with van der Waals surface area (Å²) in [6.07, 6.45) is 0.638. The quantitative estimate of drug-likeness (QED) is 0.0376. The van der Waals surface area contributed by atoms with Crippen LogP contribution in [0.5, 0.6) is 103 Å². The first-order chi connectivity index (χ1) is 66.9. The van der Waals surface area contributed by atoms with Gasteiger partial charge < -0.3 is 91.9 Å². The SMILES string of the molecule is CC(C)(c1ccc(O)cc1)c1ccc(C(C)(c2ccc(O)cc2)c2ccc(O)cc2)cc1.Oc1cc(O)cc(C2(c3cc(O)cc(O)c3)c3ccccc3-c3ccccc32)c1.Oc1ccc(C2(c3ccc(O)c(O)c3)c3ccccc3-c3ccccc32)cc1O.Oc1ccc2ccc(O)c(Cc3c(O)ccc4ccc(O)cc34)c2c1.Oc1ccc2ccc(O)c(Cc3c(O)ccc4ccccc34)c2c1. The minimum absolute atomic E-state index is 0.0642. The molecule has 18 nitrogen and oxygen atoms in total. The van der Waals surface area contributed by atoms with Crippen molar-refractivity contribution in [2.24, 2.45) is 0 Å². The van der Waals surface area contributed by atoms with E-state index in [-0.39, 0.29) is 115 Å². The molecule has 0 atom stereocenters. The van der Waals surface area contributed by atoms with Crippen LogP contribution in [0, 0.1) is 0 Å². The summed E-state index contributed by atoms with van der Waals surface area (Å²) in [4.78, 5) is 0. The molecule has 0 bridgehead atoms. The smallest absolute Gasteiger partial charge is 0.157 e. The highest BCUT2D eigenvalue weighted by Crippen LogP contribution is 2.60. The van der Waals surface area contributed by atoms with Crippen LogP contribution >= 0.6 is 0 Å². The van der Waals surface area contributed by atoms with Gasteiger partial charge >= 0.3 is 0 Å². The third kappa shape index (κ3) is 17.1. The standard InChI is InChI=1S/C29H28O3.2C25H18O4.C21H16O4.C21H16O3/c1-28(2,21-8-14-25(30)15-9-21)20-4-6-22(7-5-20)29(3,23-10-16-26(31)17-11-23)24-12-18-27(32)19-13-24;26-17-9-15(10-18(27)13-17)25(16-11-19(28)14-20(29)12-16)23-7-3-1-5-21(23)22-6-2-4-8-24(22)25;26-21-11-9-15(13-23(21)28)25(16-10-12-22(27)24(29)14-16)19-7-3-1-5-17(19)18-6-2-4-8-20(18)25;22-14-5-1-12-3-7-20(24)18(16(12)9-14)11-19-17-10-15(23)6-2-13(17)4-8-21(19)25;22-15-8-5-14-7-10-21(24)19(17(14)11-15)12-18-16-4-2-1-3-13(16)6-9-20(18)23/h4-19,30-32H,1-3H3;2*1-14,26-29H;1-10,22-25H,11H2;1-11,22-24H,12H2. The van der Waals surface area contributed by atoms with Crippen molar-refractivity contribution in [3.05, 3.63) is 489 Å². The van der Waals surface area contributed by atoms with Crippen molar-refractivity contribution in [2.45, 2.75) is 55.3 Å². The van der Waals surface area contributed by atoms with Gasteiger partial charge in [0.25, 0.3) is 0 Å². The van der Waals surface area contributed by atoms with Gasteiger partial charge in [-0.15, -0.1) is 0 Å². The van der Waals surface area contributed by atoms with Gasteiger partial charge in [-0.1, -0.05) is 250 Å². The summed E-state index contributed by atoms with van der Waals surface area (Å²) >= 11 is 0. The Morgan fingerprint density at radius 2 is 0.424 bits per heavy atom. The molecule has 18 heteroatoms. The van der Waals surface area contributed by atoms with E-state index in [4.69, 9.17) is 0 Å². The molecule has 0 heterocycles. The lowest BCUT2D eigenvalue weighted by molar-refractivity contribution is 0.401. The first kappa shape index (κ1) is 91.3. The molecule has 0 unspecified atom stereocenters. The molecule has 0 saturated heterocycles. The van der Waals surface area contributed by atoms with Gasteiger partial charge in [0.05, 0.1) is 10.8 Å². The highest BCUT2D eigenvalue weighted by molar-refractivity contribution is 5.96. The van der Waals surface area contributed by atoms with Crippen LogP contribution in [0.4, 0.5) is 0 Å². The average molecular weight is 1840 g/mol. The third-order valence-electron chi connectivity index (χ3n) is 27.1. The summed E-state index contributed by atoms with van der Waals surface area (Å²) in [5.74, 6) is 0.545. The van der Waals surface area contributed by atoms with Gasteiger partial charge in [0.1, 0.15) is 80.5 Å². The summed E-state index contributed by atoms with van der Waals surface area (Å²) in [6.45, 7) is 6.51. The molecule has 0 aromatic heterocycles. The molecule has 0 radical (unpaired) electrons. The van der Waals surface area contributed by atoms with Crippen LogP contribution in [0.1, 0.15) is 115 Å². The normalized spacial score (nSPS) is 12.4. The molecule has 0 amide bonds. The predicted molar refractivity (Wildman–Crippen MR) is 542 cm³/mol. The van der Waals surface area contributed by atoms with E-state index in [9.17, 15) is 91.9 Å². The lowest BCUT2D eigenvalue weighted by atomic mass is 9.67. The number of phenols is 18. The Labute approximate surface area is 800 Å². The fourth-order valence-corrected chi connectivity index (χ4v) is 20.0. The van der Waals surface area contributed by atoms with E-state index < -0.39 is 16.2 Å². The predicted octanol–water partition coefficient (Wildman–Crippen LogP) is 25.3. The second-order valence-corrected chi connectivity index (χ2v) is 35.6. The van der Waals surface area contributed by atoms with E-state index in [2.05, 4.69) is 57.2 Å². The lowest BCUT2D eigenvalue weighted by Gasteiger charge is -2.34. The van der Waals surface area contributed by atoms with Crippen LogP contribution in [0.25, 0.3) is 65.3 Å². The summed E-state index contributed by atoms with van der Waals surface area (Å²) in [7, 11) is 0. The van der Waals surface area contributed by atoms with Crippen LogP contribution in [0.2, 0.25) is 0 Å². The molecule has 0 spiro atoms. The van der Waals surface area contributed by atoms with Crippen molar-refractivity contribution in [3.8, 4) is 126 Å². The third-order valence-corrected chi connectivity index (χ3v) is 27.1. The topological polar surface area (TPSA) is 364 Å². The number of rotatable bonds is 13. The van der Waals surface area contributed by atoms with Gasteiger partial charge in [0.15, 0.2) is 23.0 Å². The van der Waals surface area contributed by atoms with Gasteiger partial charge in [-0.05, 0) is 290 Å². The molecule has 139 heavy (non-hydrogen) atoms. The van der Waals surface area contributed by atoms with Crippen molar-refractivity contribution >= 4 is 43.1 Å². The van der Waals surface area contributed by atoms with Crippen LogP contribution in [0.15, 0.2) is 394 Å². The summed E-state index contributed by atoms with van der Waals surface area (Å²) in [5.41, 5.74) is 16.5. The number of hydrogen-bond acceptors (Lipinski definition) is 18. The van der Waals surface area contributed by atoms with E-state index in [1.165, 1.54) is 29.8 Å². The zero-order chi connectivity index (χ0) is 97.5. The molecule has 22 rings (SSSR count). The van der Waals surface area contributed by atoms with Crippen molar-refractivity contribution in [2.75, 3.05) is 0 Å². The van der Waals surface area contributed by atoms with Gasteiger partial charge in [-0.2, -0.15) is 0 Å². The van der Waals surface area contributed by atoms with Crippen molar-refractivity contribution < 1.29 is 91.9 Å². The average Bonchev–Trinajstić information content (AvgIpc) is 1.54. The Morgan fingerprint density at radius 1 is 0.180 bits per heavy atom. The maximum absolute atomic E-state index is 10.4. The second-order valence-electron chi connectivity index (χ2n) is 35.6. The first-order valence-corrected chi connectivity index (χ1v) is 44.9. The number of fused-ring (bicyclic) bond motifs is 10. The molecular weight excluding hydrogens is 1740 g/mol. The number of hydrogen-bond donors (Lipinski definition) is 18. The highest BCUT2D eigenvalue weighted by Gasteiger charge is 2.49.